The van der Waals surface area contributed by atoms with Gasteiger partial charge in [-0.15, -0.1) is 0 Å². The zero-order chi connectivity index (χ0) is 15.3. The Hall–Kier alpha value is -1.79. The van der Waals surface area contributed by atoms with Gasteiger partial charge in [0.15, 0.2) is 0 Å². The highest BCUT2D eigenvalue weighted by Gasteiger charge is 2.39. The molecule has 1 rings (SSSR count). The maximum atomic E-state index is 11.9. The smallest absolute Gasteiger partial charge is 0.317 e. The van der Waals surface area contributed by atoms with Crippen LogP contribution in [0.3, 0.4) is 0 Å². The summed E-state index contributed by atoms with van der Waals surface area (Å²) in [6.45, 7) is 0.351. The van der Waals surface area contributed by atoms with Crippen LogP contribution in [-0.2, 0) is 9.59 Å². The highest BCUT2D eigenvalue weighted by molar-refractivity contribution is 5.83. The van der Waals surface area contributed by atoms with Crippen molar-refractivity contribution in [3.05, 3.63) is 0 Å². The van der Waals surface area contributed by atoms with Gasteiger partial charge >= 0.3 is 12.0 Å². The Morgan fingerprint density at radius 2 is 1.80 bits per heavy atom. The number of carboxylic acid groups (broad SMARTS) is 1. The first kappa shape index (κ1) is 16.3. The van der Waals surface area contributed by atoms with Crippen LogP contribution in [0.2, 0.25) is 0 Å². The van der Waals surface area contributed by atoms with Crippen molar-refractivity contribution in [3.63, 3.8) is 0 Å². The molecule has 0 radical (unpaired) electrons. The van der Waals surface area contributed by atoms with E-state index in [9.17, 15) is 14.4 Å². The van der Waals surface area contributed by atoms with Gasteiger partial charge in [0.1, 0.15) is 6.54 Å². The molecule has 1 saturated carbocycles. The second kappa shape index (κ2) is 6.58. The molecule has 7 nitrogen and oxygen atoms in total. The zero-order valence-corrected chi connectivity index (χ0v) is 12.3. The molecule has 1 fully saturated rings. The summed E-state index contributed by atoms with van der Waals surface area (Å²) in [7, 11) is 4.80. The summed E-state index contributed by atoms with van der Waals surface area (Å²) in [4.78, 5) is 36.9. The summed E-state index contributed by atoms with van der Waals surface area (Å²) in [6, 6.07) is -0.350. The summed E-state index contributed by atoms with van der Waals surface area (Å²) in [6.07, 6.45) is 2.71. The number of carbonyl (C=O) groups excluding carboxylic acids is 2. The number of carboxylic acids is 1. The second-order valence-electron chi connectivity index (χ2n) is 5.73. The molecule has 0 aromatic carbocycles. The Morgan fingerprint density at radius 3 is 2.20 bits per heavy atom. The molecule has 114 valence electrons. The first-order valence-corrected chi connectivity index (χ1v) is 6.67. The maximum absolute atomic E-state index is 11.9. The van der Waals surface area contributed by atoms with Crippen molar-refractivity contribution in [2.45, 2.75) is 25.7 Å². The van der Waals surface area contributed by atoms with E-state index in [1.807, 2.05) is 0 Å². The third-order valence-electron chi connectivity index (χ3n) is 3.77. The SMILES string of the molecule is CN(C)C(=O)CN(C)C(=O)NCC1(CC(=O)O)CCC1. The molecule has 0 unspecified atom stereocenters. The summed E-state index contributed by atoms with van der Waals surface area (Å²) >= 11 is 0. The van der Waals surface area contributed by atoms with Crippen molar-refractivity contribution in [1.29, 1.82) is 0 Å². The molecule has 0 atom stereocenters. The molecule has 7 heteroatoms. The van der Waals surface area contributed by atoms with Gasteiger partial charge in [-0.2, -0.15) is 0 Å². The molecule has 0 heterocycles. The van der Waals surface area contributed by atoms with Crippen LogP contribution in [0.25, 0.3) is 0 Å². The van der Waals surface area contributed by atoms with Crippen LogP contribution in [0, 0.1) is 5.41 Å². The Kier molecular flexibility index (Phi) is 5.35. The van der Waals surface area contributed by atoms with Crippen molar-refractivity contribution in [3.8, 4) is 0 Å². The number of likely N-dealkylation sites (N-methyl/N-ethyl adjacent to an activating group) is 2. The van der Waals surface area contributed by atoms with E-state index in [2.05, 4.69) is 5.32 Å². The second-order valence-corrected chi connectivity index (χ2v) is 5.73. The molecule has 3 amide bonds. The highest BCUT2D eigenvalue weighted by atomic mass is 16.4. The molecule has 0 spiro atoms. The number of aliphatic carboxylic acids is 1. The third kappa shape index (κ3) is 4.40. The predicted molar refractivity (Wildman–Crippen MR) is 73.3 cm³/mol. The van der Waals surface area contributed by atoms with Crippen LogP contribution < -0.4 is 5.32 Å². The largest absolute Gasteiger partial charge is 0.481 e. The van der Waals surface area contributed by atoms with Crippen LogP contribution in [-0.4, -0.2) is 67.0 Å². The molecule has 20 heavy (non-hydrogen) atoms. The van der Waals surface area contributed by atoms with Crippen molar-refractivity contribution in [2.24, 2.45) is 5.41 Å². The van der Waals surface area contributed by atoms with Gasteiger partial charge in [0.05, 0.1) is 6.42 Å². The lowest BCUT2D eigenvalue weighted by atomic mass is 9.66. The number of amides is 3. The average Bonchev–Trinajstić information content (AvgIpc) is 2.31. The van der Waals surface area contributed by atoms with Gasteiger partial charge in [-0.1, -0.05) is 6.42 Å². The van der Waals surface area contributed by atoms with E-state index in [1.54, 1.807) is 21.1 Å². The first-order chi connectivity index (χ1) is 9.26. The van der Waals surface area contributed by atoms with Crippen LogP contribution in [0.15, 0.2) is 0 Å². The predicted octanol–water partition coefficient (Wildman–Crippen LogP) is 0.361. The van der Waals surface area contributed by atoms with Crippen LogP contribution >= 0.6 is 0 Å². The molecule has 2 N–H and O–H groups in total. The van der Waals surface area contributed by atoms with Crippen LogP contribution in [0.5, 0.6) is 0 Å². The molecular weight excluding hydrogens is 262 g/mol. The maximum Gasteiger partial charge on any atom is 0.317 e. The molecule has 0 bridgehead atoms. The molecule has 1 aliphatic rings. The Balaban J connectivity index is 2.42. The third-order valence-corrected chi connectivity index (χ3v) is 3.77. The van der Waals surface area contributed by atoms with E-state index in [-0.39, 0.29) is 30.3 Å². The summed E-state index contributed by atoms with van der Waals surface area (Å²) < 4.78 is 0. The minimum atomic E-state index is -0.838. The number of carbonyl (C=O) groups is 3. The van der Waals surface area contributed by atoms with Gasteiger partial charge in [-0.25, -0.2) is 4.79 Å². The number of rotatable bonds is 6. The van der Waals surface area contributed by atoms with Crippen molar-refractivity contribution in [1.82, 2.24) is 15.1 Å². The van der Waals surface area contributed by atoms with Gasteiger partial charge in [-0.3, -0.25) is 9.59 Å². The van der Waals surface area contributed by atoms with E-state index in [4.69, 9.17) is 5.11 Å². The quantitative estimate of drug-likeness (QED) is 0.737. The Bertz CT molecular complexity index is 391. The lowest BCUT2D eigenvalue weighted by Gasteiger charge is -2.41. The zero-order valence-electron chi connectivity index (χ0n) is 12.3. The van der Waals surface area contributed by atoms with Gasteiger partial charge in [-0.05, 0) is 18.3 Å². The van der Waals surface area contributed by atoms with Crippen molar-refractivity contribution in [2.75, 3.05) is 34.2 Å². The number of hydrogen-bond donors (Lipinski definition) is 2. The average molecular weight is 285 g/mol. The molecule has 0 saturated heterocycles. The summed E-state index contributed by atoms with van der Waals surface area (Å²) in [5.41, 5.74) is -0.312. The van der Waals surface area contributed by atoms with Gasteiger partial charge in [0, 0.05) is 27.7 Å². The standard InChI is InChI=1S/C13H23N3O4/c1-15(2)10(17)8-16(3)12(20)14-9-13(5-4-6-13)7-11(18)19/h4-9H2,1-3H3,(H,14,20)(H,18,19). The van der Waals surface area contributed by atoms with E-state index in [1.165, 1.54) is 9.80 Å². The molecule has 1 aliphatic carbocycles. The number of nitrogens with one attached hydrogen (secondary N) is 1. The molecule has 0 aromatic rings. The first-order valence-electron chi connectivity index (χ1n) is 6.67. The minimum absolute atomic E-state index is 0.00473. The van der Waals surface area contributed by atoms with Crippen LogP contribution in [0.4, 0.5) is 4.79 Å². The molecule has 0 aliphatic heterocycles. The fourth-order valence-corrected chi connectivity index (χ4v) is 2.23. The molecule has 0 aromatic heterocycles. The van der Waals surface area contributed by atoms with Crippen LogP contribution in [0.1, 0.15) is 25.7 Å². The van der Waals surface area contributed by atoms with E-state index in [0.29, 0.717) is 6.54 Å². The Morgan fingerprint density at radius 1 is 1.20 bits per heavy atom. The fourth-order valence-electron chi connectivity index (χ4n) is 2.23. The minimum Gasteiger partial charge on any atom is -0.481 e. The topological polar surface area (TPSA) is 90.0 Å². The summed E-state index contributed by atoms with van der Waals surface area (Å²) in [5.74, 6) is -0.998. The van der Waals surface area contributed by atoms with Gasteiger partial charge in [0.25, 0.3) is 0 Å². The van der Waals surface area contributed by atoms with Gasteiger partial charge in [0.2, 0.25) is 5.91 Å². The normalized spacial score (nSPS) is 15.9. The van der Waals surface area contributed by atoms with E-state index < -0.39 is 5.97 Å². The summed E-state index contributed by atoms with van der Waals surface area (Å²) in [5, 5.41) is 11.6. The number of urea groups is 1. The fraction of sp³-hybridized carbons (Fsp3) is 0.769. The van der Waals surface area contributed by atoms with E-state index >= 15 is 0 Å². The lowest BCUT2D eigenvalue weighted by molar-refractivity contribution is -0.141. The van der Waals surface area contributed by atoms with Gasteiger partial charge < -0.3 is 20.2 Å². The van der Waals surface area contributed by atoms with E-state index in [0.717, 1.165) is 19.3 Å². The molecular formula is C13H23N3O4. The highest BCUT2D eigenvalue weighted by Crippen LogP contribution is 2.43. The monoisotopic (exact) mass is 285 g/mol. The van der Waals surface area contributed by atoms with Crippen molar-refractivity contribution < 1.29 is 19.5 Å². The lowest BCUT2D eigenvalue weighted by Crippen LogP contribution is -2.48. The van der Waals surface area contributed by atoms with Crippen molar-refractivity contribution >= 4 is 17.9 Å². The Labute approximate surface area is 118 Å². The number of nitrogens with zero attached hydrogens (tertiary/aromatic N) is 2. The number of hydrogen-bond acceptors (Lipinski definition) is 3.